The normalized spacial score (nSPS) is 33.8. The van der Waals surface area contributed by atoms with E-state index in [9.17, 15) is 4.79 Å². The summed E-state index contributed by atoms with van der Waals surface area (Å²) in [4.78, 5) is 11.6. The van der Waals surface area contributed by atoms with E-state index in [4.69, 9.17) is 9.47 Å². The molecular formula is C12H19NO3. The highest BCUT2D eigenvalue weighted by molar-refractivity contribution is 5.76. The zero-order valence-electron chi connectivity index (χ0n) is 9.54. The maximum Gasteiger partial charge on any atom is 0.220 e. The van der Waals surface area contributed by atoms with Gasteiger partial charge in [-0.15, -0.1) is 0 Å². The van der Waals surface area contributed by atoms with Crippen molar-refractivity contribution in [2.75, 3.05) is 13.2 Å². The topological polar surface area (TPSA) is 47.6 Å². The van der Waals surface area contributed by atoms with Crippen LogP contribution in [0.25, 0.3) is 0 Å². The third kappa shape index (κ3) is 2.23. The number of hydrogen-bond acceptors (Lipinski definition) is 3. The largest absolute Gasteiger partial charge is 0.353 e. The van der Waals surface area contributed by atoms with Crippen LogP contribution in [0, 0.1) is 5.92 Å². The van der Waals surface area contributed by atoms with Gasteiger partial charge in [-0.25, -0.2) is 0 Å². The van der Waals surface area contributed by atoms with Gasteiger partial charge in [0.25, 0.3) is 0 Å². The van der Waals surface area contributed by atoms with Crippen molar-refractivity contribution in [3.63, 3.8) is 0 Å². The first kappa shape index (κ1) is 10.5. The molecule has 4 nitrogen and oxygen atoms in total. The van der Waals surface area contributed by atoms with Gasteiger partial charge in [-0.05, 0) is 12.3 Å². The predicted molar refractivity (Wildman–Crippen MR) is 57.8 cm³/mol. The minimum absolute atomic E-state index is 0.154. The second-order valence-electron chi connectivity index (χ2n) is 5.26. The fourth-order valence-electron chi connectivity index (χ4n) is 2.79. The first-order chi connectivity index (χ1) is 7.76. The molecule has 2 saturated heterocycles. The van der Waals surface area contributed by atoms with Gasteiger partial charge in [0.05, 0.1) is 13.2 Å². The first-order valence-corrected chi connectivity index (χ1v) is 6.33. The standard InChI is InChI=1S/C12H19NO3/c14-11-3-4-12(15-5-6-16-12)8-10(13-11)7-9-1-2-9/h9-10H,1-8H2,(H,13,14). The van der Waals surface area contributed by atoms with E-state index >= 15 is 0 Å². The Balaban J connectivity index is 1.68. The highest BCUT2D eigenvalue weighted by atomic mass is 16.7. The molecule has 1 atom stereocenters. The van der Waals surface area contributed by atoms with Gasteiger partial charge in [0.15, 0.2) is 5.79 Å². The Labute approximate surface area is 95.7 Å². The van der Waals surface area contributed by atoms with Gasteiger partial charge >= 0.3 is 0 Å². The number of nitrogens with one attached hydrogen (secondary N) is 1. The third-order valence-electron chi connectivity index (χ3n) is 3.78. The molecule has 3 aliphatic rings. The summed E-state index contributed by atoms with van der Waals surface area (Å²) in [6.07, 6.45) is 5.80. The lowest BCUT2D eigenvalue weighted by Gasteiger charge is -2.28. The van der Waals surface area contributed by atoms with E-state index in [-0.39, 0.29) is 11.9 Å². The molecule has 1 amide bonds. The number of rotatable bonds is 2. The smallest absolute Gasteiger partial charge is 0.220 e. The Hall–Kier alpha value is -0.610. The van der Waals surface area contributed by atoms with Crippen LogP contribution in [-0.4, -0.2) is 30.9 Å². The zero-order valence-corrected chi connectivity index (χ0v) is 9.54. The summed E-state index contributed by atoms with van der Waals surface area (Å²) in [7, 11) is 0. The van der Waals surface area contributed by atoms with E-state index in [0.29, 0.717) is 26.1 Å². The molecule has 1 saturated carbocycles. The molecule has 2 aliphatic heterocycles. The van der Waals surface area contributed by atoms with E-state index in [0.717, 1.165) is 18.8 Å². The Morgan fingerprint density at radius 3 is 2.75 bits per heavy atom. The van der Waals surface area contributed by atoms with E-state index in [2.05, 4.69) is 5.32 Å². The van der Waals surface area contributed by atoms with Crippen LogP contribution in [0.2, 0.25) is 0 Å². The van der Waals surface area contributed by atoms with Crippen molar-refractivity contribution in [2.45, 2.75) is 50.4 Å². The lowest BCUT2D eigenvalue weighted by molar-refractivity contribution is -0.168. The van der Waals surface area contributed by atoms with Crippen molar-refractivity contribution >= 4 is 5.91 Å². The Morgan fingerprint density at radius 2 is 2.06 bits per heavy atom. The quantitative estimate of drug-likeness (QED) is 0.768. The Bertz CT molecular complexity index is 282. The molecule has 1 aliphatic carbocycles. The molecule has 0 aromatic rings. The monoisotopic (exact) mass is 225 g/mol. The van der Waals surface area contributed by atoms with Crippen molar-refractivity contribution in [1.29, 1.82) is 0 Å². The predicted octanol–water partition coefficient (Wildman–Crippen LogP) is 1.20. The molecule has 2 heterocycles. The van der Waals surface area contributed by atoms with E-state index in [1.807, 2.05) is 0 Å². The van der Waals surface area contributed by atoms with Gasteiger partial charge in [-0.2, -0.15) is 0 Å². The van der Waals surface area contributed by atoms with Crippen LogP contribution in [0.5, 0.6) is 0 Å². The van der Waals surface area contributed by atoms with Gasteiger partial charge in [0.2, 0.25) is 5.91 Å². The molecular weight excluding hydrogens is 206 g/mol. The fraction of sp³-hybridized carbons (Fsp3) is 0.917. The molecule has 0 bridgehead atoms. The molecule has 1 unspecified atom stereocenters. The highest BCUT2D eigenvalue weighted by Crippen LogP contribution is 2.38. The highest BCUT2D eigenvalue weighted by Gasteiger charge is 2.42. The minimum atomic E-state index is -0.460. The van der Waals surface area contributed by atoms with Crippen LogP contribution in [0.1, 0.15) is 38.5 Å². The second kappa shape index (κ2) is 4.00. The summed E-state index contributed by atoms with van der Waals surface area (Å²) in [5.41, 5.74) is 0. The first-order valence-electron chi connectivity index (χ1n) is 6.33. The zero-order chi connectivity index (χ0) is 11.0. The van der Waals surface area contributed by atoms with Gasteiger partial charge in [0.1, 0.15) is 0 Å². The Morgan fingerprint density at radius 1 is 1.31 bits per heavy atom. The SMILES string of the molecule is O=C1CCC2(CC(CC3CC3)N1)OCCO2. The number of hydrogen-bond donors (Lipinski definition) is 1. The number of carbonyl (C=O) groups is 1. The molecule has 16 heavy (non-hydrogen) atoms. The molecule has 3 rings (SSSR count). The molecule has 3 fully saturated rings. The van der Waals surface area contributed by atoms with Crippen molar-refractivity contribution in [1.82, 2.24) is 5.32 Å². The number of ether oxygens (including phenoxy) is 2. The van der Waals surface area contributed by atoms with E-state index in [1.165, 1.54) is 12.8 Å². The summed E-state index contributed by atoms with van der Waals surface area (Å²) in [6, 6.07) is 0.251. The summed E-state index contributed by atoms with van der Waals surface area (Å²) in [6.45, 7) is 1.34. The maximum atomic E-state index is 11.6. The van der Waals surface area contributed by atoms with Crippen molar-refractivity contribution < 1.29 is 14.3 Å². The summed E-state index contributed by atoms with van der Waals surface area (Å²) in [5.74, 6) is 0.516. The van der Waals surface area contributed by atoms with E-state index < -0.39 is 5.79 Å². The number of carbonyl (C=O) groups excluding carboxylic acids is 1. The van der Waals surface area contributed by atoms with Gasteiger partial charge in [-0.1, -0.05) is 12.8 Å². The van der Waals surface area contributed by atoms with Gasteiger partial charge in [0, 0.05) is 25.3 Å². The molecule has 0 radical (unpaired) electrons. The van der Waals surface area contributed by atoms with Crippen LogP contribution >= 0.6 is 0 Å². The average molecular weight is 225 g/mol. The molecule has 4 heteroatoms. The fourth-order valence-corrected chi connectivity index (χ4v) is 2.79. The maximum absolute atomic E-state index is 11.6. The summed E-state index contributed by atoms with van der Waals surface area (Å²) < 4.78 is 11.5. The van der Waals surface area contributed by atoms with Crippen LogP contribution < -0.4 is 5.32 Å². The van der Waals surface area contributed by atoms with Crippen LogP contribution in [0.4, 0.5) is 0 Å². The Kier molecular flexibility index (Phi) is 2.64. The minimum Gasteiger partial charge on any atom is -0.353 e. The van der Waals surface area contributed by atoms with Crippen molar-refractivity contribution in [3.05, 3.63) is 0 Å². The molecule has 1 spiro atoms. The number of amides is 1. The third-order valence-corrected chi connectivity index (χ3v) is 3.78. The van der Waals surface area contributed by atoms with Crippen LogP contribution in [-0.2, 0) is 14.3 Å². The molecule has 90 valence electrons. The van der Waals surface area contributed by atoms with Crippen molar-refractivity contribution in [2.24, 2.45) is 5.92 Å². The second-order valence-corrected chi connectivity index (χ2v) is 5.26. The van der Waals surface area contributed by atoms with Gasteiger partial charge in [-0.3, -0.25) is 4.79 Å². The lowest BCUT2D eigenvalue weighted by Crippen LogP contribution is -2.38. The van der Waals surface area contributed by atoms with Crippen LogP contribution in [0.15, 0.2) is 0 Å². The molecule has 1 N–H and O–H groups in total. The molecule has 0 aromatic heterocycles. The lowest BCUT2D eigenvalue weighted by atomic mass is 10.00. The van der Waals surface area contributed by atoms with Crippen LogP contribution in [0.3, 0.4) is 0 Å². The molecule has 0 aromatic carbocycles. The summed E-state index contributed by atoms with van der Waals surface area (Å²) >= 11 is 0. The summed E-state index contributed by atoms with van der Waals surface area (Å²) in [5, 5.41) is 3.10. The average Bonchev–Trinajstić information content (AvgIpc) is 2.96. The van der Waals surface area contributed by atoms with Crippen molar-refractivity contribution in [3.8, 4) is 0 Å². The van der Waals surface area contributed by atoms with E-state index in [1.54, 1.807) is 0 Å². The van der Waals surface area contributed by atoms with Gasteiger partial charge < -0.3 is 14.8 Å².